The lowest BCUT2D eigenvalue weighted by Crippen LogP contribution is -2.31. The molecule has 1 unspecified atom stereocenters. The van der Waals surface area contributed by atoms with Crippen LogP contribution < -0.4 is 5.48 Å². The summed E-state index contributed by atoms with van der Waals surface area (Å²) in [5, 5.41) is 11.1. The number of tetrazole rings is 1. The van der Waals surface area contributed by atoms with E-state index in [1.54, 1.807) is 11.0 Å². The van der Waals surface area contributed by atoms with E-state index in [0.29, 0.717) is 0 Å². The first-order valence-corrected chi connectivity index (χ1v) is 6.22. The summed E-state index contributed by atoms with van der Waals surface area (Å²) in [6, 6.07) is 8.08. The van der Waals surface area contributed by atoms with Gasteiger partial charge < -0.3 is 0 Å². The molecule has 0 aliphatic carbocycles. The van der Waals surface area contributed by atoms with Crippen LogP contribution in [0.25, 0.3) is 5.69 Å². The molecule has 6 heteroatoms. The van der Waals surface area contributed by atoms with Gasteiger partial charge >= 0.3 is 0 Å². The van der Waals surface area contributed by atoms with Gasteiger partial charge in [-0.2, -0.15) is 5.48 Å². The van der Waals surface area contributed by atoms with E-state index in [0.717, 1.165) is 11.3 Å². The van der Waals surface area contributed by atoms with Crippen LogP contribution >= 0.6 is 0 Å². The van der Waals surface area contributed by atoms with Crippen LogP contribution in [0.2, 0.25) is 0 Å². The van der Waals surface area contributed by atoms with Crippen molar-refractivity contribution in [2.45, 2.75) is 39.3 Å². The number of nitrogens with one attached hydrogen (secondary N) is 1. The molecule has 0 bridgehead atoms. The molecule has 6 nitrogen and oxygen atoms in total. The van der Waals surface area contributed by atoms with Crippen molar-refractivity contribution in [2.24, 2.45) is 0 Å². The summed E-state index contributed by atoms with van der Waals surface area (Å²) in [5.41, 5.74) is 4.86. The Morgan fingerprint density at radius 3 is 2.74 bits per heavy atom. The average molecular weight is 261 g/mol. The highest BCUT2D eigenvalue weighted by molar-refractivity contribution is 5.35. The number of rotatable bonds is 4. The van der Waals surface area contributed by atoms with Crippen molar-refractivity contribution >= 4 is 0 Å². The summed E-state index contributed by atoms with van der Waals surface area (Å²) in [4.78, 5) is 5.58. The molecule has 0 saturated carbocycles. The highest BCUT2D eigenvalue weighted by Crippen LogP contribution is 2.17. The fourth-order valence-corrected chi connectivity index (χ4v) is 1.55. The molecular weight excluding hydrogens is 242 g/mol. The second kappa shape index (κ2) is 5.46. The molecule has 1 heterocycles. The van der Waals surface area contributed by atoms with Gasteiger partial charge in [-0.05, 0) is 55.8 Å². The first kappa shape index (κ1) is 13.6. The van der Waals surface area contributed by atoms with Gasteiger partial charge in [0.15, 0.2) is 0 Å². The van der Waals surface area contributed by atoms with Gasteiger partial charge in [-0.25, -0.2) is 4.68 Å². The van der Waals surface area contributed by atoms with Gasteiger partial charge in [-0.3, -0.25) is 4.84 Å². The summed E-state index contributed by atoms with van der Waals surface area (Å²) in [5.74, 6) is 0. The minimum absolute atomic E-state index is 0.0793. The van der Waals surface area contributed by atoms with Gasteiger partial charge in [0.1, 0.15) is 6.33 Å². The number of benzene rings is 1. The van der Waals surface area contributed by atoms with Crippen LogP contribution in [0.15, 0.2) is 30.6 Å². The molecule has 1 aromatic heterocycles. The molecule has 0 amide bonds. The molecule has 0 radical (unpaired) electrons. The van der Waals surface area contributed by atoms with E-state index in [2.05, 4.69) is 21.0 Å². The maximum Gasteiger partial charge on any atom is 0.143 e. The topological polar surface area (TPSA) is 64.9 Å². The minimum Gasteiger partial charge on any atom is -0.296 e. The van der Waals surface area contributed by atoms with Crippen LogP contribution in [0.1, 0.15) is 39.3 Å². The largest absolute Gasteiger partial charge is 0.296 e. The molecule has 19 heavy (non-hydrogen) atoms. The van der Waals surface area contributed by atoms with E-state index in [9.17, 15) is 0 Å². The summed E-state index contributed by atoms with van der Waals surface area (Å²) in [6.45, 7) is 8.06. The van der Waals surface area contributed by atoms with Crippen LogP contribution in [0.4, 0.5) is 0 Å². The molecule has 102 valence electrons. The van der Waals surface area contributed by atoms with Crippen LogP contribution in [-0.2, 0) is 4.84 Å². The second-order valence-electron chi connectivity index (χ2n) is 5.40. The van der Waals surface area contributed by atoms with Crippen LogP contribution in [-0.4, -0.2) is 25.8 Å². The van der Waals surface area contributed by atoms with Gasteiger partial charge in [0.2, 0.25) is 0 Å². The lowest BCUT2D eigenvalue weighted by Gasteiger charge is -2.23. The van der Waals surface area contributed by atoms with Gasteiger partial charge in [0.25, 0.3) is 0 Å². The van der Waals surface area contributed by atoms with E-state index < -0.39 is 0 Å². The SMILES string of the molecule is CC(NOC(C)(C)C)c1cccc(-n2cnnn2)c1. The Morgan fingerprint density at radius 1 is 1.32 bits per heavy atom. The van der Waals surface area contributed by atoms with E-state index >= 15 is 0 Å². The fourth-order valence-electron chi connectivity index (χ4n) is 1.55. The zero-order valence-electron chi connectivity index (χ0n) is 11.7. The van der Waals surface area contributed by atoms with E-state index in [1.165, 1.54) is 0 Å². The Bertz CT molecular complexity index is 518. The van der Waals surface area contributed by atoms with E-state index in [1.807, 2.05) is 52.0 Å². The van der Waals surface area contributed by atoms with Crippen molar-refractivity contribution in [1.82, 2.24) is 25.7 Å². The Morgan fingerprint density at radius 2 is 2.11 bits per heavy atom. The maximum absolute atomic E-state index is 5.58. The molecule has 0 fully saturated rings. The van der Waals surface area contributed by atoms with Crippen molar-refractivity contribution in [3.63, 3.8) is 0 Å². The standard InChI is InChI=1S/C13H19N5O/c1-10(15-19-13(2,3)4)11-6-5-7-12(8-11)18-9-14-16-17-18/h5-10,15H,1-4H3. The van der Waals surface area contributed by atoms with E-state index in [-0.39, 0.29) is 11.6 Å². The van der Waals surface area contributed by atoms with Crippen LogP contribution in [0.3, 0.4) is 0 Å². The Balaban J connectivity index is 2.10. The zero-order valence-corrected chi connectivity index (χ0v) is 11.7. The molecule has 1 atom stereocenters. The normalized spacial score (nSPS) is 13.5. The van der Waals surface area contributed by atoms with Crippen molar-refractivity contribution in [1.29, 1.82) is 0 Å². The maximum atomic E-state index is 5.58. The number of aromatic nitrogens is 4. The highest BCUT2D eigenvalue weighted by atomic mass is 16.7. The summed E-state index contributed by atoms with van der Waals surface area (Å²) in [6.07, 6.45) is 1.57. The monoisotopic (exact) mass is 261 g/mol. The van der Waals surface area contributed by atoms with Crippen LogP contribution in [0.5, 0.6) is 0 Å². The average Bonchev–Trinajstić information content (AvgIpc) is 2.89. The van der Waals surface area contributed by atoms with Crippen molar-refractivity contribution in [3.05, 3.63) is 36.2 Å². The molecular formula is C13H19N5O. The third-order valence-electron chi connectivity index (χ3n) is 2.53. The highest BCUT2D eigenvalue weighted by Gasteiger charge is 2.14. The van der Waals surface area contributed by atoms with Crippen LogP contribution in [0, 0.1) is 0 Å². The summed E-state index contributed by atoms with van der Waals surface area (Å²) >= 11 is 0. The number of hydroxylamine groups is 1. The minimum atomic E-state index is -0.221. The Hall–Kier alpha value is -1.79. The van der Waals surface area contributed by atoms with Gasteiger partial charge in [0, 0.05) is 0 Å². The molecule has 0 aliphatic rings. The number of hydrogen-bond acceptors (Lipinski definition) is 5. The third kappa shape index (κ3) is 3.84. The van der Waals surface area contributed by atoms with E-state index in [4.69, 9.17) is 4.84 Å². The molecule has 0 spiro atoms. The quantitative estimate of drug-likeness (QED) is 0.853. The molecule has 1 N–H and O–H groups in total. The first-order valence-electron chi connectivity index (χ1n) is 6.22. The zero-order chi connectivity index (χ0) is 13.9. The Kier molecular flexibility index (Phi) is 3.92. The predicted molar refractivity (Wildman–Crippen MR) is 71.5 cm³/mol. The molecule has 1 aromatic carbocycles. The third-order valence-corrected chi connectivity index (χ3v) is 2.53. The molecule has 2 rings (SSSR count). The number of hydrogen-bond donors (Lipinski definition) is 1. The molecule has 2 aromatic rings. The lowest BCUT2D eigenvalue weighted by molar-refractivity contribution is -0.0866. The predicted octanol–water partition coefficient (Wildman–Crippen LogP) is 2.04. The van der Waals surface area contributed by atoms with Gasteiger partial charge in [-0.1, -0.05) is 12.1 Å². The second-order valence-corrected chi connectivity index (χ2v) is 5.40. The van der Waals surface area contributed by atoms with Gasteiger partial charge in [-0.15, -0.1) is 5.10 Å². The van der Waals surface area contributed by atoms with Gasteiger partial charge in [0.05, 0.1) is 17.3 Å². The fraction of sp³-hybridized carbons (Fsp3) is 0.462. The molecule has 0 saturated heterocycles. The molecule has 0 aliphatic heterocycles. The summed E-state index contributed by atoms with van der Waals surface area (Å²) in [7, 11) is 0. The van der Waals surface area contributed by atoms with Crippen molar-refractivity contribution in [3.8, 4) is 5.69 Å². The smallest absolute Gasteiger partial charge is 0.143 e. The summed E-state index contributed by atoms with van der Waals surface area (Å²) < 4.78 is 1.63. The van der Waals surface area contributed by atoms with Crippen molar-refractivity contribution in [2.75, 3.05) is 0 Å². The lowest BCUT2D eigenvalue weighted by atomic mass is 10.1. The van der Waals surface area contributed by atoms with Crippen molar-refractivity contribution < 1.29 is 4.84 Å². The number of nitrogens with zero attached hydrogens (tertiary/aromatic N) is 4. The Labute approximate surface area is 112 Å². The first-order chi connectivity index (χ1) is 8.96.